The van der Waals surface area contributed by atoms with E-state index in [4.69, 9.17) is 0 Å². The lowest BCUT2D eigenvalue weighted by atomic mass is 10.1. The van der Waals surface area contributed by atoms with E-state index < -0.39 is 11.4 Å². The highest BCUT2D eigenvalue weighted by atomic mass is 32.2. The van der Waals surface area contributed by atoms with Gasteiger partial charge in [-0.05, 0) is 43.0 Å². The summed E-state index contributed by atoms with van der Waals surface area (Å²) in [7, 11) is 0. The van der Waals surface area contributed by atoms with Gasteiger partial charge in [0.05, 0.1) is 6.10 Å². The van der Waals surface area contributed by atoms with E-state index in [1.165, 1.54) is 18.2 Å². The van der Waals surface area contributed by atoms with Gasteiger partial charge in [-0.2, -0.15) is 4.99 Å². The summed E-state index contributed by atoms with van der Waals surface area (Å²) >= 11 is 1.36. The molecule has 9 heteroatoms. The molecule has 3 N–H and O–H groups in total. The predicted octanol–water partition coefficient (Wildman–Crippen LogP) is 2.96. The molecule has 2 aliphatic rings. The minimum atomic E-state index is -0.813. The van der Waals surface area contributed by atoms with Gasteiger partial charge in [0.25, 0.3) is 11.8 Å². The van der Waals surface area contributed by atoms with E-state index in [1.807, 2.05) is 18.2 Å². The molecule has 8 nitrogen and oxygen atoms in total. The molecule has 0 aromatic heterocycles. The number of benzene rings is 2. The average Bonchev–Trinajstić information content (AvgIpc) is 3.23. The van der Waals surface area contributed by atoms with Crippen molar-refractivity contribution in [3.8, 4) is 0 Å². The largest absolute Gasteiger partial charge is 0.387 e. The van der Waals surface area contributed by atoms with Crippen LogP contribution in [-0.4, -0.2) is 57.8 Å². The van der Waals surface area contributed by atoms with Crippen molar-refractivity contribution in [1.29, 1.82) is 0 Å². The number of aliphatic hydroxyl groups excluding tert-OH is 1. The number of carbonyl (C=O) groups excluding carboxylic acids is 3. The summed E-state index contributed by atoms with van der Waals surface area (Å²) in [5, 5.41) is 15.9. The van der Waals surface area contributed by atoms with Gasteiger partial charge >= 0.3 is 0 Å². The standard InChI is InChI=1S/C25H28N4O4S/c30-20(17-8-3-1-4-9-17)16-26-23(32)18-10-7-11-19(14-18)27-22(31)15-21-24(33)28-25(34-21)29-12-5-2-6-13-29/h1,3-4,7-11,14,20-21,30H,2,5-6,12-13,15-16H2,(H,26,32)(H,27,31)/t20-,21-/m0/s1. The maximum absolute atomic E-state index is 12.6. The van der Waals surface area contributed by atoms with Crippen LogP contribution >= 0.6 is 11.8 Å². The van der Waals surface area contributed by atoms with Crippen LogP contribution in [0.4, 0.5) is 5.69 Å². The third-order valence-electron chi connectivity index (χ3n) is 5.78. The molecule has 2 aromatic rings. The van der Waals surface area contributed by atoms with Crippen molar-refractivity contribution >= 4 is 40.3 Å². The van der Waals surface area contributed by atoms with E-state index in [0.717, 1.165) is 36.7 Å². The molecule has 0 radical (unpaired) electrons. The van der Waals surface area contributed by atoms with Crippen molar-refractivity contribution in [1.82, 2.24) is 10.2 Å². The van der Waals surface area contributed by atoms with Gasteiger partial charge in [0, 0.05) is 37.3 Å². The number of piperidine rings is 1. The molecular weight excluding hydrogens is 452 g/mol. The molecule has 2 heterocycles. The van der Waals surface area contributed by atoms with Crippen LogP contribution in [0.5, 0.6) is 0 Å². The minimum absolute atomic E-state index is 0.0179. The number of amidine groups is 1. The Morgan fingerprint density at radius 1 is 1.09 bits per heavy atom. The molecule has 0 unspecified atom stereocenters. The topological polar surface area (TPSA) is 111 Å². The highest BCUT2D eigenvalue weighted by Crippen LogP contribution is 2.29. The number of nitrogens with one attached hydrogen (secondary N) is 2. The van der Waals surface area contributed by atoms with Crippen LogP contribution in [0.2, 0.25) is 0 Å². The first-order valence-corrected chi connectivity index (χ1v) is 12.3. The first-order valence-electron chi connectivity index (χ1n) is 11.4. The van der Waals surface area contributed by atoms with Gasteiger partial charge in [0.2, 0.25) is 5.91 Å². The number of rotatable bonds is 7. The number of aliphatic hydroxyl groups is 1. The van der Waals surface area contributed by atoms with Gasteiger partial charge in [-0.15, -0.1) is 0 Å². The number of hydrogen-bond donors (Lipinski definition) is 3. The second-order valence-electron chi connectivity index (χ2n) is 8.36. The van der Waals surface area contributed by atoms with Crippen LogP contribution in [0.15, 0.2) is 59.6 Å². The maximum Gasteiger partial charge on any atom is 0.262 e. The summed E-state index contributed by atoms with van der Waals surface area (Å²) in [4.78, 5) is 43.7. The number of amides is 3. The van der Waals surface area contributed by atoms with Crippen molar-refractivity contribution in [2.75, 3.05) is 25.0 Å². The van der Waals surface area contributed by atoms with Crippen LogP contribution < -0.4 is 10.6 Å². The van der Waals surface area contributed by atoms with E-state index >= 15 is 0 Å². The molecule has 0 spiro atoms. The zero-order valence-electron chi connectivity index (χ0n) is 18.8. The monoisotopic (exact) mass is 480 g/mol. The van der Waals surface area contributed by atoms with Crippen molar-refractivity contribution in [3.05, 3.63) is 65.7 Å². The van der Waals surface area contributed by atoms with Gasteiger partial charge in [-0.1, -0.05) is 48.2 Å². The molecule has 4 rings (SSSR count). The Kier molecular flexibility index (Phi) is 7.97. The van der Waals surface area contributed by atoms with Crippen LogP contribution in [0.3, 0.4) is 0 Å². The highest BCUT2D eigenvalue weighted by Gasteiger charge is 2.33. The molecule has 1 fully saturated rings. The number of likely N-dealkylation sites (tertiary alicyclic amines) is 1. The number of anilines is 1. The molecule has 1 saturated heterocycles. The van der Waals surface area contributed by atoms with Gasteiger partial charge < -0.3 is 20.6 Å². The van der Waals surface area contributed by atoms with Crippen LogP contribution in [-0.2, 0) is 9.59 Å². The first-order chi connectivity index (χ1) is 16.5. The SMILES string of the molecule is O=C(C[C@@H]1SC(N2CCCCC2)=NC1=O)Nc1cccc(C(=O)NC[C@H](O)c2ccccc2)c1. The summed E-state index contributed by atoms with van der Waals surface area (Å²) < 4.78 is 0. The minimum Gasteiger partial charge on any atom is -0.387 e. The molecule has 2 atom stereocenters. The first kappa shape index (κ1) is 24.0. The third kappa shape index (κ3) is 6.24. The fourth-order valence-corrected chi connectivity index (χ4v) is 5.05. The molecule has 178 valence electrons. The van der Waals surface area contributed by atoms with E-state index in [2.05, 4.69) is 20.5 Å². The zero-order valence-corrected chi connectivity index (χ0v) is 19.6. The second-order valence-corrected chi connectivity index (χ2v) is 9.53. The molecule has 0 bridgehead atoms. The fraction of sp³-hybridized carbons (Fsp3) is 0.360. The average molecular weight is 481 g/mol. The summed E-state index contributed by atoms with van der Waals surface area (Å²) in [6.07, 6.45) is 2.58. The van der Waals surface area contributed by atoms with Crippen molar-refractivity contribution in [2.45, 2.75) is 37.0 Å². The zero-order chi connectivity index (χ0) is 23.9. The molecule has 3 amide bonds. The summed E-state index contributed by atoms with van der Waals surface area (Å²) in [6, 6.07) is 15.7. The van der Waals surface area contributed by atoms with Gasteiger partial charge in [0.1, 0.15) is 5.25 Å². The van der Waals surface area contributed by atoms with Crippen LogP contribution in [0, 0.1) is 0 Å². The Morgan fingerprint density at radius 3 is 2.62 bits per heavy atom. The smallest absolute Gasteiger partial charge is 0.262 e. The van der Waals surface area contributed by atoms with Gasteiger partial charge in [-0.3, -0.25) is 14.4 Å². The Labute approximate surface area is 202 Å². The number of carbonyl (C=O) groups is 3. The molecule has 0 saturated carbocycles. The molecule has 34 heavy (non-hydrogen) atoms. The molecule has 2 aliphatic heterocycles. The number of hydrogen-bond acceptors (Lipinski definition) is 6. The fourth-order valence-electron chi connectivity index (χ4n) is 3.93. The summed E-state index contributed by atoms with van der Waals surface area (Å²) in [5.41, 5.74) is 1.55. The Balaban J connectivity index is 1.27. The van der Waals surface area contributed by atoms with Crippen molar-refractivity contribution < 1.29 is 19.5 Å². The number of nitrogens with zero attached hydrogens (tertiary/aromatic N) is 2. The maximum atomic E-state index is 12.6. The summed E-state index contributed by atoms with van der Waals surface area (Å²) in [6.45, 7) is 1.87. The van der Waals surface area contributed by atoms with Gasteiger partial charge in [-0.25, -0.2) is 0 Å². The van der Waals surface area contributed by atoms with Crippen molar-refractivity contribution in [2.24, 2.45) is 4.99 Å². The van der Waals surface area contributed by atoms with Crippen molar-refractivity contribution in [3.63, 3.8) is 0 Å². The van der Waals surface area contributed by atoms with E-state index in [0.29, 0.717) is 11.3 Å². The number of aliphatic imine (C=N–C) groups is 1. The number of thioether (sulfide) groups is 1. The van der Waals surface area contributed by atoms with E-state index in [1.54, 1.807) is 36.4 Å². The van der Waals surface area contributed by atoms with Crippen LogP contribution in [0.25, 0.3) is 0 Å². The Bertz CT molecular complexity index is 1070. The second kappa shape index (κ2) is 11.3. The van der Waals surface area contributed by atoms with E-state index in [9.17, 15) is 19.5 Å². The normalized spacial score (nSPS) is 18.9. The third-order valence-corrected chi connectivity index (χ3v) is 6.99. The highest BCUT2D eigenvalue weighted by molar-refractivity contribution is 8.15. The van der Waals surface area contributed by atoms with E-state index in [-0.39, 0.29) is 30.7 Å². The lowest BCUT2D eigenvalue weighted by molar-refractivity contribution is -0.121. The summed E-state index contributed by atoms with van der Waals surface area (Å²) in [5.74, 6) is -0.934. The Hall–Kier alpha value is -3.17. The van der Waals surface area contributed by atoms with Gasteiger partial charge in [0.15, 0.2) is 5.17 Å². The quantitative estimate of drug-likeness (QED) is 0.562. The van der Waals surface area contributed by atoms with Crippen LogP contribution in [0.1, 0.15) is 47.7 Å². The predicted molar refractivity (Wildman–Crippen MR) is 133 cm³/mol. The lowest BCUT2D eigenvalue weighted by Crippen LogP contribution is -2.33. The molecular formula is C25H28N4O4S. The lowest BCUT2D eigenvalue weighted by Gasteiger charge is -2.27. The Morgan fingerprint density at radius 2 is 1.85 bits per heavy atom. The molecule has 2 aromatic carbocycles. The molecule has 0 aliphatic carbocycles.